The molecule has 0 bridgehead atoms. The number of hydrogen-bond acceptors (Lipinski definition) is 4. The summed E-state index contributed by atoms with van der Waals surface area (Å²) in [5.74, 6) is 0.942. The van der Waals surface area contributed by atoms with Crippen LogP contribution in [0.3, 0.4) is 0 Å². The molecule has 0 amide bonds. The lowest BCUT2D eigenvalue weighted by molar-refractivity contribution is -0.155. The van der Waals surface area contributed by atoms with Crippen molar-refractivity contribution in [1.29, 1.82) is 0 Å². The molecule has 4 heteroatoms. The van der Waals surface area contributed by atoms with E-state index in [1.54, 1.807) is 11.8 Å². The molecule has 0 saturated carbocycles. The van der Waals surface area contributed by atoms with Gasteiger partial charge in [0.25, 0.3) is 0 Å². The Labute approximate surface area is 97.1 Å². The Kier molecular flexibility index (Phi) is 7.88. The van der Waals surface area contributed by atoms with Crippen molar-refractivity contribution in [1.82, 2.24) is 0 Å². The molecule has 0 aromatic carbocycles. The summed E-state index contributed by atoms with van der Waals surface area (Å²) < 4.78 is 5.09. The molecule has 90 valence electrons. The van der Waals surface area contributed by atoms with E-state index in [2.05, 4.69) is 6.26 Å². The predicted molar refractivity (Wildman–Crippen MR) is 66.0 cm³/mol. The number of carbonyl (C=O) groups excluding carboxylic acids is 1. The van der Waals surface area contributed by atoms with E-state index < -0.39 is 5.41 Å². The number of ether oxygens (including phenoxy) is 1. The second-order valence-electron chi connectivity index (χ2n) is 3.65. The maximum Gasteiger partial charge on any atom is 0.313 e. The highest BCUT2D eigenvalue weighted by atomic mass is 32.2. The maximum absolute atomic E-state index is 11.8. The molecule has 0 aliphatic rings. The number of rotatable bonds is 8. The van der Waals surface area contributed by atoms with E-state index in [1.165, 1.54) is 0 Å². The van der Waals surface area contributed by atoms with Crippen molar-refractivity contribution in [2.24, 2.45) is 11.1 Å². The Morgan fingerprint density at radius 1 is 1.47 bits per heavy atom. The fourth-order valence-electron chi connectivity index (χ4n) is 1.59. The summed E-state index contributed by atoms with van der Waals surface area (Å²) in [7, 11) is 0. The van der Waals surface area contributed by atoms with E-state index in [4.69, 9.17) is 10.5 Å². The van der Waals surface area contributed by atoms with Crippen molar-refractivity contribution in [3.63, 3.8) is 0 Å². The van der Waals surface area contributed by atoms with Crippen LogP contribution in [0.1, 0.15) is 33.1 Å². The number of nitrogens with two attached hydrogens (primary N) is 1. The molecule has 3 nitrogen and oxygen atoms in total. The van der Waals surface area contributed by atoms with Crippen LogP contribution in [-0.2, 0) is 9.53 Å². The van der Waals surface area contributed by atoms with Crippen LogP contribution in [0.5, 0.6) is 0 Å². The van der Waals surface area contributed by atoms with Crippen molar-refractivity contribution >= 4 is 17.7 Å². The summed E-state index contributed by atoms with van der Waals surface area (Å²) in [4.78, 5) is 11.8. The lowest BCUT2D eigenvalue weighted by Crippen LogP contribution is -2.39. The van der Waals surface area contributed by atoms with Crippen LogP contribution < -0.4 is 5.73 Å². The zero-order valence-electron chi connectivity index (χ0n) is 10.0. The van der Waals surface area contributed by atoms with Crippen molar-refractivity contribution in [3.05, 3.63) is 0 Å². The fourth-order valence-corrected chi connectivity index (χ4v) is 2.03. The largest absolute Gasteiger partial charge is 0.466 e. The zero-order chi connectivity index (χ0) is 11.7. The van der Waals surface area contributed by atoms with E-state index in [9.17, 15) is 4.79 Å². The van der Waals surface area contributed by atoms with Gasteiger partial charge in [-0.05, 0) is 38.2 Å². The molecule has 0 radical (unpaired) electrons. The lowest BCUT2D eigenvalue weighted by atomic mass is 9.81. The van der Waals surface area contributed by atoms with Gasteiger partial charge in [-0.3, -0.25) is 4.79 Å². The summed E-state index contributed by atoms with van der Waals surface area (Å²) in [6.07, 6.45) is 4.68. The van der Waals surface area contributed by atoms with Gasteiger partial charge in [0.2, 0.25) is 0 Å². The average molecular weight is 233 g/mol. The summed E-state index contributed by atoms with van der Waals surface area (Å²) in [6, 6.07) is 0. The molecule has 15 heavy (non-hydrogen) atoms. The van der Waals surface area contributed by atoms with Gasteiger partial charge >= 0.3 is 5.97 Å². The molecule has 0 fully saturated rings. The van der Waals surface area contributed by atoms with Crippen LogP contribution >= 0.6 is 11.8 Å². The third kappa shape index (κ3) is 4.43. The number of carbonyl (C=O) groups is 1. The first kappa shape index (κ1) is 14.8. The van der Waals surface area contributed by atoms with E-state index >= 15 is 0 Å². The first-order valence-electron chi connectivity index (χ1n) is 5.53. The molecule has 0 aromatic heterocycles. The van der Waals surface area contributed by atoms with Crippen LogP contribution in [0.2, 0.25) is 0 Å². The Morgan fingerprint density at radius 2 is 2.13 bits per heavy atom. The van der Waals surface area contributed by atoms with Crippen LogP contribution in [0.4, 0.5) is 0 Å². The highest BCUT2D eigenvalue weighted by Crippen LogP contribution is 2.29. The first-order chi connectivity index (χ1) is 7.16. The van der Waals surface area contributed by atoms with Crippen LogP contribution in [0, 0.1) is 5.41 Å². The van der Waals surface area contributed by atoms with Crippen molar-refractivity contribution in [2.45, 2.75) is 33.1 Å². The molecule has 0 aliphatic carbocycles. The quantitative estimate of drug-likeness (QED) is 0.515. The number of esters is 1. The Balaban J connectivity index is 4.35. The van der Waals surface area contributed by atoms with Gasteiger partial charge in [-0.15, -0.1) is 0 Å². The molecule has 2 N–H and O–H groups in total. The van der Waals surface area contributed by atoms with Crippen LogP contribution in [-0.4, -0.2) is 31.1 Å². The molecular weight excluding hydrogens is 210 g/mol. The Hall–Kier alpha value is -0.220. The van der Waals surface area contributed by atoms with Gasteiger partial charge in [-0.2, -0.15) is 11.8 Å². The first-order valence-corrected chi connectivity index (χ1v) is 6.92. The normalized spacial score (nSPS) is 14.7. The Bertz CT molecular complexity index is 181. The average Bonchev–Trinajstić information content (AvgIpc) is 2.25. The molecular formula is C11H23NO2S. The van der Waals surface area contributed by atoms with E-state index in [0.29, 0.717) is 13.2 Å². The molecule has 1 unspecified atom stereocenters. The minimum atomic E-state index is -0.453. The molecule has 0 aromatic rings. The molecule has 0 saturated heterocycles. The predicted octanol–water partition coefficient (Wildman–Crippen LogP) is 2.05. The topological polar surface area (TPSA) is 52.3 Å². The lowest BCUT2D eigenvalue weighted by Gasteiger charge is -2.28. The van der Waals surface area contributed by atoms with Gasteiger partial charge in [-0.25, -0.2) is 0 Å². The SMILES string of the molecule is CCOC(=O)C(CC)(CN)CCCSC. The summed E-state index contributed by atoms with van der Waals surface area (Å²) >= 11 is 1.80. The monoisotopic (exact) mass is 233 g/mol. The number of thioether (sulfide) groups is 1. The van der Waals surface area contributed by atoms with E-state index in [0.717, 1.165) is 25.0 Å². The minimum absolute atomic E-state index is 0.129. The molecule has 1 atom stereocenters. The second kappa shape index (κ2) is 7.99. The van der Waals surface area contributed by atoms with Gasteiger partial charge in [0.1, 0.15) is 0 Å². The second-order valence-corrected chi connectivity index (χ2v) is 4.64. The Morgan fingerprint density at radius 3 is 2.53 bits per heavy atom. The third-order valence-corrected chi connectivity index (χ3v) is 3.48. The van der Waals surface area contributed by atoms with Gasteiger partial charge in [-0.1, -0.05) is 6.92 Å². The van der Waals surface area contributed by atoms with Gasteiger partial charge in [0, 0.05) is 6.54 Å². The summed E-state index contributed by atoms with van der Waals surface area (Å²) in [5, 5.41) is 0. The molecule has 0 spiro atoms. The zero-order valence-corrected chi connectivity index (χ0v) is 10.9. The van der Waals surface area contributed by atoms with Crippen LogP contribution in [0.25, 0.3) is 0 Å². The fraction of sp³-hybridized carbons (Fsp3) is 0.909. The smallest absolute Gasteiger partial charge is 0.313 e. The van der Waals surface area contributed by atoms with E-state index in [-0.39, 0.29) is 5.97 Å². The summed E-state index contributed by atoms with van der Waals surface area (Å²) in [6.45, 7) is 4.65. The molecule has 0 rings (SSSR count). The maximum atomic E-state index is 11.8. The van der Waals surface area contributed by atoms with Crippen molar-refractivity contribution < 1.29 is 9.53 Å². The highest BCUT2D eigenvalue weighted by Gasteiger charge is 2.35. The van der Waals surface area contributed by atoms with Gasteiger partial charge in [0.05, 0.1) is 12.0 Å². The standard InChI is InChI=1S/C11H23NO2S/c1-4-11(9-12,7-6-8-15-3)10(13)14-5-2/h4-9,12H2,1-3H3. The van der Waals surface area contributed by atoms with Gasteiger partial charge in [0.15, 0.2) is 0 Å². The third-order valence-electron chi connectivity index (χ3n) is 2.78. The van der Waals surface area contributed by atoms with Crippen LogP contribution in [0.15, 0.2) is 0 Å². The van der Waals surface area contributed by atoms with Crippen molar-refractivity contribution in [3.8, 4) is 0 Å². The van der Waals surface area contributed by atoms with E-state index in [1.807, 2.05) is 13.8 Å². The molecule has 0 heterocycles. The summed E-state index contributed by atoms with van der Waals surface area (Å²) in [5.41, 5.74) is 5.27. The van der Waals surface area contributed by atoms with Crippen molar-refractivity contribution in [2.75, 3.05) is 25.2 Å². The highest BCUT2D eigenvalue weighted by molar-refractivity contribution is 7.98. The number of hydrogen-bond donors (Lipinski definition) is 1. The minimum Gasteiger partial charge on any atom is -0.466 e. The van der Waals surface area contributed by atoms with Gasteiger partial charge < -0.3 is 10.5 Å². The molecule has 0 aliphatic heterocycles.